The Hall–Kier alpha value is 0.500. The SMILES string of the molecule is CCCCCCCCC(Cl)CC(CC(C)O)N(CC)CC.Cl. The second-order valence-electron chi connectivity index (χ2n) is 6.35. The second-order valence-corrected chi connectivity index (χ2v) is 6.97. The molecule has 0 rings (SSSR count). The lowest BCUT2D eigenvalue weighted by Crippen LogP contribution is -2.38. The Labute approximate surface area is 150 Å². The van der Waals surface area contributed by atoms with E-state index < -0.39 is 0 Å². The van der Waals surface area contributed by atoms with E-state index in [0.29, 0.717) is 6.04 Å². The van der Waals surface area contributed by atoms with Gasteiger partial charge in [0.05, 0.1) is 6.10 Å². The van der Waals surface area contributed by atoms with Gasteiger partial charge in [0, 0.05) is 11.4 Å². The predicted octanol–water partition coefficient (Wildman–Crippen LogP) is 5.64. The monoisotopic (exact) mass is 355 g/mol. The molecule has 4 heteroatoms. The summed E-state index contributed by atoms with van der Waals surface area (Å²) in [5.74, 6) is 0. The fraction of sp³-hybridized carbons (Fsp3) is 1.00. The molecule has 0 bridgehead atoms. The summed E-state index contributed by atoms with van der Waals surface area (Å²) in [7, 11) is 0. The van der Waals surface area contributed by atoms with E-state index in [1.54, 1.807) is 0 Å². The third-order valence-electron chi connectivity index (χ3n) is 4.34. The van der Waals surface area contributed by atoms with Crippen molar-refractivity contribution in [2.45, 2.75) is 103 Å². The van der Waals surface area contributed by atoms with E-state index in [-0.39, 0.29) is 23.9 Å². The van der Waals surface area contributed by atoms with Gasteiger partial charge in [-0.3, -0.25) is 0 Å². The topological polar surface area (TPSA) is 23.5 Å². The molecule has 0 saturated heterocycles. The van der Waals surface area contributed by atoms with Gasteiger partial charge in [-0.05, 0) is 39.3 Å². The van der Waals surface area contributed by atoms with E-state index in [4.69, 9.17) is 11.6 Å². The summed E-state index contributed by atoms with van der Waals surface area (Å²) in [6.45, 7) is 10.6. The summed E-state index contributed by atoms with van der Waals surface area (Å²) in [5, 5.41) is 9.95. The maximum Gasteiger partial charge on any atom is 0.0527 e. The van der Waals surface area contributed by atoms with Crippen LogP contribution in [0.1, 0.15) is 85.5 Å². The molecule has 136 valence electrons. The number of aliphatic hydroxyl groups excluding tert-OH is 1. The first-order valence-electron chi connectivity index (χ1n) is 9.11. The first-order valence-corrected chi connectivity index (χ1v) is 9.54. The lowest BCUT2D eigenvalue weighted by atomic mass is 9.99. The first-order chi connectivity index (χ1) is 10.0. The molecule has 0 aromatic rings. The molecule has 0 radical (unpaired) electrons. The van der Waals surface area contributed by atoms with Crippen LogP contribution in [0.4, 0.5) is 0 Å². The molecule has 0 spiro atoms. The smallest absolute Gasteiger partial charge is 0.0527 e. The van der Waals surface area contributed by atoms with Gasteiger partial charge in [-0.15, -0.1) is 24.0 Å². The summed E-state index contributed by atoms with van der Waals surface area (Å²) in [5.41, 5.74) is 0. The van der Waals surface area contributed by atoms with E-state index in [0.717, 1.165) is 32.4 Å². The van der Waals surface area contributed by atoms with Crippen LogP contribution in [0, 0.1) is 0 Å². The largest absolute Gasteiger partial charge is 0.393 e. The Balaban J connectivity index is 0. The number of rotatable bonds is 14. The number of nitrogens with zero attached hydrogens (tertiary/aromatic N) is 1. The van der Waals surface area contributed by atoms with Crippen molar-refractivity contribution in [2.24, 2.45) is 0 Å². The van der Waals surface area contributed by atoms with E-state index in [1.807, 2.05) is 6.92 Å². The number of hydrogen-bond donors (Lipinski definition) is 1. The Kier molecular flexibility index (Phi) is 18.4. The number of aliphatic hydroxyl groups is 1. The van der Waals surface area contributed by atoms with Gasteiger partial charge in [-0.1, -0.05) is 59.3 Å². The van der Waals surface area contributed by atoms with Crippen molar-refractivity contribution in [1.82, 2.24) is 4.90 Å². The first kappa shape index (κ1) is 24.7. The predicted molar refractivity (Wildman–Crippen MR) is 103 cm³/mol. The van der Waals surface area contributed by atoms with Gasteiger partial charge in [-0.2, -0.15) is 0 Å². The Morgan fingerprint density at radius 1 is 0.909 bits per heavy atom. The molecule has 0 aliphatic carbocycles. The molecule has 0 saturated carbocycles. The van der Waals surface area contributed by atoms with Crippen LogP contribution in [-0.2, 0) is 0 Å². The van der Waals surface area contributed by atoms with Crippen LogP contribution in [0.15, 0.2) is 0 Å². The minimum atomic E-state index is -0.242. The molecular formula is C18H39Cl2NO. The third-order valence-corrected chi connectivity index (χ3v) is 4.74. The fourth-order valence-electron chi connectivity index (χ4n) is 3.09. The Morgan fingerprint density at radius 2 is 1.45 bits per heavy atom. The van der Waals surface area contributed by atoms with Gasteiger partial charge < -0.3 is 10.0 Å². The molecule has 3 unspecified atom stereocenters. The van der Waals surface area contributed by atoms with E-state index in [9.17, 15) is 5.11 Å². The molecule has 3 atom stereocenters. The van der Waals surface area contributed by atoms with Gasteiger partial charge in [0.15, 0.2) is 0 Å². The fourth-order valence-corrected chi connectivity index (χ4v) is 3.45. The zero-order valence-corrected chi connectivity index (χ0v) is 16.8. The average molecular weight is 356 g/mol. The van der Waals surface area contributed by atoms with Crippen LogP contribution in [0.2, 0.25) is 0 Å². The van der Waals surface area contributed by atoms with Crippen LogP contribution in [0.5, 0.6) is 0 Å². The van der Waals surface area contributed by atoms with Crippen LogP contribution < -0.4 is 0 Å². The van der Waals surface area contributed by atoms with Crippen LogP contribution in [0.3, 0.4) is 0 Å². The minimum absolute atomic E-state index is 0. The molecular weight excluding hydrogens is 317 g/mol. The molecule has 22 heavy (non-hydrogen) atoms. The molecule has 0 aromatic carbocycles. The van der Waals surface area contributed by atoms with Crippen LogP contribution in [0.25, 0.3) is 0 Å². The lowest BCUT2D eigenvalue weighted by molar-refractivity contribution is 0.112. The van der Waals surface area contributed by atoms with E-state index in [2.05, 4.69) is 25.7 Å². The van der Waals surface area contributed by atoms with Crippen molar-refractivity contribution in [1.29, 1.82) is 0 Å². The third kappa shape index (κ3) is 13.0. The van der Waals surface area contributed by atoms with Crippen LogP contribution >= 0.6 is 24.0 Å². The standard InChI is InChI=1S/C18H38ClNO.ClH/c1-5-8-9-10-11-12-13-17(19)15-18(14-16(4)21)20(6-2)7-3;/h16-18,21H,5-15H2,1-4H3;1H. The van der Waals surface area contributed by atoms with E-state index >= 15 is 0 Å². The molecule has 0 aliphatic rings. The molecule has 2 nitrogen and oxygen atoms in total. The van der Waals surface area contributed by atoms with Crippen LogP contribution in [-0.4, -0.2) is 40.6 Å². The van der Waals surface area contributed by atoms with Crippen molar-refractivity contribution in [3.05, 3.63) is 0 Å². The Morgan fingerprint density at radius 3 is 1.95 bits per heavy atom. The zero-order valence-electron chi connectivity index (χ0n) is 15.2. The number of halogens is 2. The number of hydrogen-bond acceptors (Lipinski definition) is 2. The maximum absolute atomic E-state index is 9.70. The lowest BCUT2D eigenvalue weighted by Gasteiger charge is -2.32. The van der Waals surface area contributed by atoms with Crippen molar-refractivity contribution >= 4 is 24.0 Å². The van der Waals surface area contributed by atoms with Gasteiger partial charge >= 0.3 is 0 Å². The van der Waals surface area contributed by atoms with Gasteiger partial charge in [-0.25, -0.2) is 0 Å². The summed E-state index contributed by atoms with van der Waals surface area (Å²) in [6.07, 6.45) is 10.7. The van der Waals surface area contributed by atoms with Crippen molar-refractivity contribution in [3.63, 3.8) is 0 Å². The normalized spacial score (nSPS) is 15.4. The summed E-state index contributed by atoms with van der Waals surface area (Å²) in [6, 6.07) is 0.419. The summed E-state index contributed by atoms with van der Waals surface area (Å²) >= 11 is 6.55. The molecule has 1 N–H and O–H groups in total. The average Bonchev–Trinajstić information content (AvgIpc) is 2.43. The summed E-state index contributed by atoms with van der Waals surface area (Å²) in [4.78, 5) is 2.43. The second kappa shape index (κ2) is 16.4. The maximum atomic E-state index is 9.70. The molecule has 0 aromatic heterocycles. The van der Waals surface area contributed by atoms with Gasteiger partial charge in [0.25, 0.3) is 0 Å². The number of alkyl halides is 1. The number of unbranched alkanes of at least 4 members (excludes halogenated alkanes) is 5. The molecule has 0 fully saturated rings. The summed E-state index contributed by atoms with van der Waals surface area (Å²) < 4.78 is 0. The quantitative estimate of drug-likeness (QED) is 0.322. The Bertz CT molecular complexity index is 223. The molecule has 0 amide bonds. The molecule has 0 aliphatic heterocycles. The van der Waals surface area contributed by atoms with Gasteiger partial charge in [0.2, 0.25) is 0 Å². The highest BCUT2D eigenvalue weighted by molar-refractivity contribution is 6.20. The molecule has 0 heterocycles. The zero-order chi connectivity index (χ0) is 16.1. The van der Waals surface area contributed by atoms with Crippen molar-refractivity contribution in [3.8, 4) is 0 Å². The van der Waals surface area contributed by atoms with Gasteiger partial charge in [0.1, 0.15) is 0 Å². The highest BCUT2D eigenvalue weighted by atomic mass is 35.5. The van der Waals surface area contributed by atoms with Crippen molar-refractivity contribution < 1.29 is 5.11 Å². The highest BCUT2D eigenvalue weighted by Crippen LogP contribution is 2.21. The van der Waals surface area contributed by atoms with Crippen molar-refractivity contribution in [2.75, 3.05) is 13.1 Å². The van der Waals surface area contributed by atoms with E-state index in [1.165, 1.54) is 38.5 Å². The highest BCUT2D eigenvalue weighted by Gasteiger charge is 2.21. The minimum Gasteiger partial charge on any atom is -0.393 e.